The second kappa shape index (κ2) is 9.18. The lowest BCUT2D eigenvalue weighted by Crippen LogP contribution is -2.44. The summed E-state index contributed by atoms with van der Waals surface area (Å²) in [6.07, 6.45) is 1.61. The monoisotopic (exact) mass is 436 g/mol. The number of aryl methyl sites for hydroxylation is 1. The lowest BCUT2D eigenvalue weighted by atomic mass is 10.3. The third-order valence-corrected chi connectivity index (χ3v) is 6.65. The second-order valence-corrected chi connectivity index (χ2v) is 8.60. The molecule has 2 amide bonds. The molecule has 1 aromatic heterocycles. The van der Waals surface area contributed by atoms with Crippen molar-refractivity contribution in [3.05, 3.63) is 41.9 Å². The van der Waals surface area contributed by atoms with E-state index in [-0.39, 0.29) is 23.0 Å². The molecule has 0 saturated carbocycles. The lowest BCUT2D eigenvalue weighted by Gasteiger charge is -2.14. The van der Waals surface area contributed by atoms with E-state index in [2.05, 4.69) is 16.2 Å². The highest BCUT2D eigenvalue weighted by Crippen LogP contribution is 2.26. The molecule has 0 aliphatic carbocycles. The van der Waals surface area contributed by atoms with Crippen LogP contribution < -0.4 is 20.9 Å². The molecule has 0 atom stereocenters. The maximum Gasteiger partial charge on any atom is 0.305 e. The van der Waals surface area contributed by atoms with Gasteiger partial charge in [0.05, 0.1) is 19.3 Å². The summed E-state index contributed by atoms with van der Waals surface area (Å²) in [5, 5.41) is 2.90. The molecule has 1 aliphatic heterocycles. The van der Waals surface area contributed by atoms with Gasteiger partial charge in [0, 0.05) is 19.2 Å². The summed E-state index contributed by atoms with van der Waals surface area (Å²) >= 11 is 0. The molecule has 10 nitrogen and oxygen atoms in total. The molecule has 0 unspecified atom stereocenters. The smallest absolute Gasteiger partial charge is 0.305 e. The number of carbonyl (C=O) groups is 2. The van der Waals surface area contributed by atoms with Gasteiger partial charge in [-0.2, -0.15) is 4.31 Å². The Morgan fingerprint density at radius 2 is 1.87 bits per heavy atom. The molecular formula is C19H24N4O6S. The third-order valence-electron chi connectivity index (χ3n) is 4.64. The van der Waals surface area contributed by atoms with Gasteiger partial charge in [-0.25, -0.2) is 8.42 Å². The van der Waals surface area contributed by atoms with Gasteiger partial charge in [0.25, 0.3) is 5.91 Å². The Kier molecular flexibility index (Phi) is 6.63. The highest BCUT2D eigenvalue weighted by molar-refractivity contribution is 7.89. The van der Waals surface area contributed by atoms with E-state index in [4.69, 9.17) is 9.15 Å². The Morgan fingerprint density at radius 1 is 1.17 bits per heavy atom. The molecule has 162 valence electrons. The highest BCUT2D eigenvalue weighted by atomic mass is 32.2. The van der Waals surface area contributed by atoms with Crippen molar-refractivity contribution in [3.63, 3.8) is 0 Å². The summed E-state index contributed by atoms with van der Waals surface area (Å²) in [5.74, 6) is -0.777. The van der Waals surface area contributed by atoms with Crippen LogP contribution in [0.15, 0.2) is 39.6 Å². The van der Waals surface area contributed by atoms with Gasteiger partial charge in [0.2, 0.25) is 10.0 Å². The first-order valence-electron chi connectivity index (χ1n) is 9.39. The van der Waals surface area contributed by atoms with E-state index >= 15 is 0 Å². The lowest BCUT2D eigenvalue weighted by molar-refractivity contribution is -0.120. The molecule has 11 heteroatoms. The number of methoxy groups -OCH3 is 1. The van der Waals surface area contributed by atoms with Crippen molar-refractivity contribution in [2.75, 3.05) is 32.1 Å². The van der Waals surface area contributed by atoms with E-state index in [1.807, 2.05) is 0 Å². The minimum atomic E-state index is -3.71. The zero-order valence-electron chi connectivity index (χ0n) is 16.7. The van der Waals surface area contributed by atoms with Crippen molar-refractivity contribution < 1.29 is 27.2 Å². The molecule has 1 aromatic carbocycles. The van der Waals surface area contributed by atoms with Crippen LogP contribution in [0.5, 0.6) is 5.75 Å². The number of benzene rings is 1. The van der Waals surface area contributed by atoms with Crippen LogP contribution in [-0.4, -0.2) is 51.3 Å². The molecule has 0 bridgehead atoms. The summed E-state index contributed by atoms with van der Waals surface area (Å²) in [6.45, 7) is 2.26. The fourth-order valence-electron chi connectivity index (χ4n) is 3.10. The Bertz CT molecular complexity index is 1030. The van der Waals surface area contributed by atoms with Gasteiger partial charge in [0.1, 0.15) is 16.4 Å². The maximum absolute atomic E-state index is 12.7. The fraction of sp³-hybridized carbons (Fsp3) is 0.368. The first-order valence-corrected chi connectivity index (χ1v) is 10.8. The minimum Gasteiger partial charge on any atom is -0.495 e. The quantitative estimate of drug-likeness (QED) is 0.557. The summed E-state index contributed by atoms with van der Waals surface area (Å²) in [6, 6.07) is 8.26. The van der Waals surface area contributed by atoms with E-state index in [0.717, 1.165) is 12.8 Å². The molecule has 0 radical (unpaired) electrons. The molecule has 0 spiro atoms. The van der Waals surface area contributed by atoms with Gasteiger partial charge >= 0.3 is 5.91 Å². The van der Waals surface area contributed by atoms with Crippen molar-refractivity contribution in [1.29, 1.82) is 0 Å². The number of sulfonamides is 1. The van der Waals surface area contributed by atoms with Gasteiger partial charge in [-0.05, 0) is 31.9 Å². The van der Waals surface area contributed by atoms with Crippen molar-refractivity contribution in [3.8, 4) is 5.75 Å². The average Bonchev–Trinajstić information content (AvgIpc) is 3.41. The average molecular weight is 436 g/mol. The van der Waals surface area contributed by atoms with Crippen LogP contribution in [0.25, 0.3) is 0 Å². The van der Waals surface area contributed by atoms with Crippen LogP contribution in [-0.2, 0) is 14.8 Å². The third kappa shape index (κ3) is 4.74. The van der Waals surface area contributed by atoms with Crippen molar-refractivity contribution in [1.82, 2.24) is 15.2 Å². The predicted molar refractivity (Wildman–Crippen MR) is 109 cm³/mol. The number of ether oxygens (including phenoxy) is 1. The first kappa shape index (κ1) is 21.7. The number of hydrogen-bond donors (Lipinski definition) is 3. The van der Waals surface area contributed by atoms with Gasteiger partial charge < -0.3 is 14.5 Å². The normalized spacial score (nSPS) is 14.3. The van der Waals surface area contributed by atoms with E-state index in [1.54, 1.807) is 24.3 Å². The van der Waals surface area contributed by atoms with Crippen LogP contribution in [0, 0.1) is 6.92 Å². The van der Waals surface area contributed by atoms with Gasteiger partial charge in [-0.3, -0.25) is 20.4 Å². The Hall–Kier alpha value is -3.05. The minimum absolute atomic E-state index is 0.0429. The number of hydrogen-bond acceptors (Lipinski definition) is 7. The second-order valence-electron chi connectivity index (χ2n) is 6.70. The molecule has 1 saturated heterocycles. The van der Waals surface area contributed by atoms with E-state index in [0.29, 0.717) is 24.5 Å². The van der Waals surface area contributed by atoms with Gasteiger partial charge in [-0.15, -0.1) is 0 Å². The van der Waals surface area contributed by atoms with Crippen molar-refractivity contribution >= 4 is 27.5 Å². The van der Waals surface area contributed by atoms with Crippen LogP contribution in [0.1, 0.15) is 29.2 Å². The fourth-order valence-corrected chi connectivity index (χ4v) is 4.78. The van der Waals surface area contributed by atoms with Crippen LogP contribution in [0.3, 0.4) is 0 Å². The van der Waals surface area contributed by atoms with Crippen LogP contribution in [0.2, 0.25) is 0 Å². The number of para-hydroxylation sites is 2. The van der Waals surface area contributed by atoms with Gasteiger partial charge in [0.15, 0.2) is 5.76 Å². The number of furan rings is 1. The molecule has 2 heterocycles. The number of hydrazine groups is 1. The number of anilines is 1. The summed E-state index contributed by atoms with van der Waals surface area (Å²) < 4.78 is 37.2. The number of nitrogens with zero attached hydrogens (tertiary/aromatic N) is 1. The maximum atomic E-state index is 12.7. The zero-order chi connectivity index (χ0) is 21.7. The van der Waals surface area contributed by atoms with E-state index < -0.39 is 21.8 Å². The SMILES string of the molecule is COc1ccccc1NCC(=O)NNC(=O)c1cc(S(=O)(=O)N2CCCC2)c(C)o1. The molecule has 3 rings (SSSR count). The van der Waals surface area contributed by atoms with E-state index in [9.17, 15) is 18.0 Å². The van der Waals surface area contributed by atoms with Crippen LogP contribution in [0.4, 0.5) is 5.69 Å². The number of nitrogens with one attached hydrogen (secondary N) is 3. The standard InChI is InChI=1S/C19H24N4O6S/c1-13-17(30(26,27)23-9-5-6-10-23)11-16(29-13)19(25)22-21-18(24)12-20-14-7-3-4-8-15(14)28-2/h3-4,7-8,11,20H,5-6,9-10,12H2,1-2H3,(H,21,24)(H,22,25). The number of amides is 2. The molecule has 1 fully saturated rings. The molecule has 3 N–H and O–H groups in total. The Balaban J connectivity index is 1.57. The number of rotatable bonds is 7. The van der Waals surface area contributed by atoms with E-state index in [1.165, 1.54) is 24.4 Å². The molecule has 30 heavy (non-hydrogen) atoms. The number of carbonyl (C=O) groups excluding carboxylic acids is 2. The molecular weight excluding hydrogens is 412 g/mol. The topological polar surface area (TPSA) is 130 Å². The van der Waals surface area contributed by atoms with Crippen molar-refractivity contribution in [2.24, 2.45) is 0 Å². The summed E-state index contributed by atoms with van der Waals surface area (Å²) in [7, 11) is -2.19. The molecule has 1 aliphatic rings. The van der Waals surface area contributed by atoms with Gasteiger partial charge in [-0.1, -0.05) is 12.1 Å². The predicted octanol–water partition coefficient (Wildman–Crippen LogP) is 1.25. The Labute approximate surface area is 174 Å². The zero-order valence-corrected chi connectivity index (χ0v) is 17.5. The van der Waals surface area contributed by atoms with Crippen molar-refractivity contribution in [2.45, 2.75) is 24.7 Å². The molecule has 2 aromatic rings. The van der Waals surface area contributed by atoms with Crippen LogP contribution >= 0.6 is 0 Å². The summed E-state index contributed by atoms with van der Waals surface area (Å²) in [5.41, 5.74) is 5.09. The highest BCUT2D eigenvalue weighted by Gasteiger charge is 2.31. The summed E-state index contributed by atoms with van der Waals surface area (Å²) in [4.78, 5) is 24.2. The largest absolute Gasteiger partial charge is 0.495 e. The Morgan fingerprint density at radius 3 is 2.57 bits per heavy atom. The first-order chi connectivity index (χ1) is 14.3.